The van der Waals surface area contributed by atoms with Crippen molar-refractivity contribution in [1.29, 1.82) is 0 Å². The summed E-state index contributed by atoms with van der Waals surface area (Å²) < 4.78 is 24.4. The van der Waals surface area contributed by atoms with Gasteiger partial charge in [-0.1, -0.05) is 0 Å². The van der Waals surface area contributed by atoms with E-state index in [1.807, 2.05) is 7.05 Å². The highest BCUT2D eigenvalue weighted by Crippen LogP contribution is 2.35. The molecule has 0 aliphatic heterocycles. The third-order valence-electron chi connectivity index (χ3n) is 4.63. The number of halogens is 1. The summed E-state index contributed by atoms with van der Waals surface area (Å²) >= 11 is 1.78. The van der Waals surface area contributed by atoms with Crippen molar-refractivity contribution < 1.29 is 13.5 Å². The fraction of sp³-hybridized carbons (Fsp3) is 0.400. The van der Waals surface area contributed by atoms with Crippen LogP contribution in [0.4, 0.5) is 4.39 Å². The molecule has 2 heterocycles. The Morgan fingerprint density at radius 3 is 2.81 bits per heavy atom. The molecule has 0 fully saturated rings. The molecule has 1 aliphatic rings. The van der Waals surface area contributed by atoms with Crippen molar-refractivity contribution in [2.45, 2.75) is 32.2 Å². The lowest BCUT2D eigenvalue weighted by Gasteiger charge is -2.14. The van der Waals surface area contributed by atoms with Gasteiger partial charge in [0.2, 0.25) is 5.89 Å². The Morgan fingerprint density at radius 1 is 1.19 bits per heavy atom. The molecule has 0 N–H and O–H groups in total. The molecular formula is C20H22FN3O2S. The van der Waals surface area contributed by atoms with E-state index in [9.17, 15) is 4.39 Å². The van der Waals surface area contributed by atoms with E-state index in [1.165, 1.54) is 35.4 Å². The van der Waals surface area contributed by atoms with Gasteiger partial charge < -0.3 is 9.15 Å². The Labute approximate surface area is 161 Å². The summed E-state index contributed by atoms with van der Waals surface area (Å²) in [4.78, 5) is 4.59. The van der Waals surface area contributed by atoms with E-state index in [0.717, 1.165) is 17.7 Å². The highest BCUT2D eigenvalue weighted by molar-refractivity contribution is 7.15. The Hall–Kier alpha value is -2.25. The van der Waals surface area contributed by atoms with E-state index < -0.39 is 0 Å². The van der Waals surface area contributed by atoms with Gasteiger partial charge in [-0.15, -0.1) is 21.5 Å². The smallest absolute Gasteiger partial charge is 0.257 e. The SMILES string of the molecule is CN(CCOc1ccc(F)cc1)Cc1nnc(-c2cc3c(s2)CCCC3)o1. The van der Waals surface area contributed by atoms with Crippen LogP contribution >= 0.6 is 11.3 Å². The second-order valence-electron chi connectivity index (χ2n) is 6.81. The van der Waals surface area contributed by atoms with Crippen molar-refractivity contribution in [2.24, 2.45) is 0 Å². The third kappa shape index (κ3) is 4.54. The number of fused-ring (bicyclic) bond motifs is 1. The molecule has 142 valence electrons. The van der Waals surface area contributed by atoms with Crippen LogP contribution in [-0.4, -0.2) is 35.3 Å². The van der Waals surface area contributed by atoms with Gasteiger partial charge in [-0.05, 0) is 68.6 Å². The van der Waals surface area contributed by atoms with Gasteiger partial charge in [0.15, 0.2) is 0 Å². The number of aromatic nitrogens is 2. The van der Waals surface area contributed by atoms with E-state index in [2.05, 4.69) is 21.2 Å². The Kier molecular flexibility index (Phi) is 5.50. The van der Waals surface area contributed by atoms with Crippen LogP contribution in [0.3, 0.4) is 0 Å². The highest BCUT2D eigenvalue weighted by Gasteiger charge is 2.18. The molecule has 0 unspecified atom stereocenters. The lowest BCUT2D eigenvalue weighted by molar-refractivity contribution is 0.220. The van der Waals surface area contributed by atoms with Crippen LogP contribution in [0.2, 0.25) is 0 Å². The molecule has 1 aromatic carbocycles. The fourth-order valence-electron chi connectivity index (χ4n) is 3.17. The molecule has 0 bridgehead atoms. The van der Waals surface area contributed by atoms with Gasteiger partial charge in [-0.3, -0.25) is 4.90 Å². The summed E-state index contributed by atoms with van der Waals surface area (Å²) in [6.07, 6.45) is 4.86. The van der Waals surface area contributed by atoms with Crippen LogP contribution in [-0.2, 0) is 19.4 Å². The fourth-order valence-corrected chi connectivity index (χ4v) is 4.35. The first-order valence-electron chi connectivity index (χ1n) is 9.18. The zero-order chi connectivity index (χ0) is 18.6. The number of likely N-dealkylation sites (N-methyl/N-ethyl adjacent to an activating group) is 1. The van der Waals surface area contributed by atoms with Crippen LogP contribution in [0.25, 0.3) is 10.8 Å². The molecule has 0 atom stereocenters. The molecule has 0 radical (unpaired) electrons. The zero-order valence-electron chi connectivity index (χ0n) is 15.3. The number of benzene rings is 1. The molecule has 0 amide bonds. The first-order valence-corrected chi connectivity index (χ1v) is 10.0. The lowest BCUT2D eigenvalue weighted by Crippen LogP contribution is -2.24. The van der Waals surface area contributed by atoms with Gasteiger partial charge in [-0.2, -0.15) is 0 Å². The summed E-state index contributed by atoms with van der Waals surface area (Å²) in [6, 6.07) is 8.24. The Bertz CT molecular complexity index is 868. The molecule has 5 nitrogen and oxygen atoms in total. The summed E-state index contributed by atoms with van der Waals surface area (Å²) in [6.45, 7) is 1.76. The number of hydrogen-bond acceptors (Lipinski definition) is 6. The van der Waals surface area contributed by atoms with Crippen LogP contribution in [0.15, 0.2) is 34.7 Å². The van der Waals surface area contributed by atoms with Crippen molar-refractivity contribution in [3.05, 3.63) is 52.5 Å². The number of aryl methyl sites for hydroxylation is 2. The predicted octanol–water partition coefficient (Wildman–Crippen LogP) is 4.33. The second kappa shape index (κ2) is 8.19. The number of thiophene rings is 1. The first kappa shape index (κ1) is 18.1. The van der Waals surface area contributed by atoms with E-state index in [-0.39, 0.29) is 5.82 Å². The van der Waals surface area contributed by atoms with E-state index in [4.69, 9.17) is 9.15 Å². The number of nitrogens with zero attached hydrogens (tertiary/aromatic N) is 3. The van der Waals surface area contributed by atoms with Crippen molar-refractivity contribution in [3.8, 4) is 16.5 Å². The number of ether oxygens (including phenoxy) is 1. The van der Waals surface area contributed by atoms with Gasteiger partial charge in [-0.25, -0.2) is 4.39 Å². The Morgan fingerprint density at radius 2 is 2.00 bits per heavy atom. The molecule has 7 heteroatoms. The number of hydrogen-bond donors (Lipinski definition) is 0. The van der Waals surface area contributed by atoms with Gasteiger partial charge in [0.1, 0.15) is 18.2 Å². The van der Waals surface area contributed by atoms with E-state index >= 15 is 0 Å². The normalized spacial score (nSPS) is 13.7. The molecule has 3 aromatic rings. The zero-order valence-corrected chi connectivity index (χ0v) is 16.1. The maximum absolute atomic E-state index is 12.9. The molecular weight excluding hydrogens is 365 g/mol. The molecule has 2 aromatic heterocycles. The molecule has 27 heavy (non-hydrogen) atoms. The van der Waals surface area contributed by atoms with Crippen LogP contribution < -0.4 is 4.74 Å². The van der Waals surface area contributed by atoms with Crippen molar-refractivity contribution in [1.82, 2.24) is 15.1 Å². The molecule has 0 spiro atoms. The predicted molar refractivity (Wildman–Crippen MR) is 102 cm³/mol. The Balaban J connectivity index is 1.29. The summed E-state index contributed by atoms with van der Waals surface area (Å²) in [7, 11) is 1.97. The standard InChI is InChI=1S/C20H22FN3O2S/c1-24(10-11-25-16-8-6-15(21)7-9-16)13-19-22-23-20(26-19)18-12-14-4-2-3-5-17(14)27-18/h6-9,12H,2-5,10-11,13H2,1H3. The summed E-state index contributed by atoms with van der Waals surface area (Å²) in [5.41, 5.74) is 1.44. The number of rotatable bonds is 7. The third-order valence-corrected chi connectivity index (χ3v) is 5.86. The second-order valence-corrected chi connectivity index (χ2v) is 7.94. The summed E-state index contributed by atoms with van der Waals surface area (Å²) in [5.74, 6) is 1.60. The largest absolute Gasteiger partial charge is 0.492 e. The average Bonchev–Trinajstić information content (AvgIpc) is 3.30. The molecule has 4 rings (SSSR count). The van der Waals surface area contributed by atoms with Crippen molar-refractivity contribution in [3.63, 3.8) is 0 Å². The maximum Gasteiger partial charge on any atom is 0.257 e. The van der Waals surface area contributed by atoms with Gasteiger partial charge in [0.05, 0.1) is 11.4 Å². The van der Waals surface area contributed by atoms with Crippen LogP contribution in [0, 0.1) is 5.82 Å². The quantitative estimate of drug-likeness (QED) is 0.604. The molecule has 1 aliphatic carbocycles. The first-order chi connectivity index (χ1) is 13.2. The minimum absolute atomic E-state index is 0.266. The van der Waals surface area contributed by atoms with E-state index in [0.29, 0.717) is 37.2 Å². The monoisotopic (exact) mass is 387 g/mol. The van der Waals surface area contributed by atoms with Gasteiger partial charge in [0, 0.05) is 11.4 Å². The van der Waals surface area contributed by atoms with Crippen molar-refractivity contribution in [2.75, 3.05) is 20.2 Å². The van der Waals surface area contributed by atoms with Gasteiger partial charge in [0.25, 0.3) is 5.89 Å². The molecule has 0 saturated carbocycles. The van der Waals surface area contributed by atoms with Crippen LogP contribution in [0.1, 0.15) is 29.2 Å². The molecule has 0 saturated heterocycles. The van der Waals surface area contributed by atoms with E-state index in [1.54, 1.807) is 23.5 Å². The minimum Gasteiger partial charge on any atom is -0.492 e. The lowest BCUT2D eigenvalue weighted by atomic mass is 9.99. The maximum atomic E-state index is 12.9. The highest BCUT2D eigenvalue weighted by atomic mass is 32.1. The average molecular weight is 387 g/mol. The topological polar surface area (TPSA) is 51.4 Å². The minimum atomic E-state index is -0.266. The summed E-state index contributed by atoms with van der Waals surface area (Å²) in [5, 5.41) is 8.40. The van der Waals surface area contributed by atoms with Gasteiger partial charge >= 0.3 is 0 Å². The van der Waals surface area contributed by atoms with Crippen LogP contribution in [0.5, 0.6) is 5.75 Å². The van der Waals surface area contributed by atoms with Crippen molar-refractivity contribution >= 4 is 11.3 Å².